The third-order valence-corrected chi connectivity index (χ3v) is 7.38. The standard InChI is InChI=1S/C27H43N3O/c28-26(29)25-16-11-21-30(25)27(31)24-19-17-23(18-20-24)15-8-5-3-1-2-4-7-12-22-13-9-6-10-14-22/h17-20,22,25H,1-16,21H2,(H3,28,29). The van der Waals surface area contributed by atoms with Crippen LogP contribution in [-0.4, -0.2) is 29.2 Å². The van der Waals surface area contributed by atoms with E-state index in [-0.39, 0.29) is 17.8 Å². The van der Waals surface area contributed by atoms with Crippen molar-refractivity contribution in [3.8, 4) is 0 Å². The van der Waals surface area contributed by atoms with Gasteiger partial charge in [0.2, 0.25) is 0 Å². The van der Waals surface area contributed by atoms with Crippen LogP contribution in [0.2, 0.25) is 0 Å². The summed E-state index contributed by atoms with van der Waals surface area (Å²) in [6.45, 7) is 0.700. The summed E-state index contributed by atoms with van der Waals surface area (Å²) in [4.78, 5) is 14.5. The fraction of sp³-hybridized carbons (Fsp3) is 0.704. The molecule has 4 heteroatoms. The highest BCUT2D eigenvalue weighted by molar-refractivity contribution is 5.98. The summed E-state index contributed by atoms with van der Waals surface area (Å²) in [6, 6.07) is 7.85. The van der Waals surface area contributed by atoms with Crippen molar-refractivity contribution in [2.75, 3.05) is 6.54 Å². The second kappa shape index (κ2) is 12.9. The molecule has 2 fully saturated rings. The van der Waals surface area contributed by atoms with Gasteiger partial charge in [-0.15, -0.1) is 0 Å². The molecule has 1 atom stereocenters. The number of aryl methyl sites for hydroxylation is 1. The van der Waals surface area contributed by atoms with Gasteiger partial charge in [0.1, 0.15) is 5.84 Å². The molecule has 1 saturated carbocycles. The topological polar surface area (TPSA) is 70.2 Å². The zero-order valence-corrected chi connectivity index (χ0v) is 19.4. The minimum absolute atomic E-state index is 0.00716. The molecule has 1 saturated heterocycles. The van der Waals surface area contributed by atoms with Crippen molar-refractivity contribution >= 4 is 11.7 Å². The smallest absolute Gasteiger partial charge is 0.254 e. The van der Waals surface area contributed by atoms with E-state index in [4.69, 9.17) is 11.1 Å². The SMILES string of the molecule is N=C(N)C1CCCN1C(=O)c1ccc(CCCCCCCCCC2CCCCC2)cc1. The van der Waals surface area contributed by atoms with Gasteiger partial charge >= 0.3 is 0 Å². The van der Waals surface area contributed by atoms with Crippen LogP contribution in [0.1, 0.15) is 112 Å². The van der Waals surface area contributed by atoms with E-state index in [9.17, 15) is 4.79 Å². The maximum atomic E-state index is 12.7. The van der Waals surface area contributed by atoms with Crippen LogP contribution in [0.4, 0.5) is 0 Å². The largest absolute Gasteiger partial charge is 0.386 e. The van der Waals surface area contributed by atoms with Crippen molar-refractivity contribution < 1.29 is 4.79 Å². The molecule has 0 spiro atoms. The Kier molecular flexibility index (Phi) is 9.89. The summed E-state index contributed by atoms with van der Waals surface area (Å²) < 4.78 is 0. The molecule has 1 aromatic carbocycles. The van der Waals surface area contributed by atoms with Gasteiger partial charge < -0.3 is 10.6 Å². The molecule has 1 amide bonds. The zero-order valence-electron chi connectivity index (χ0n) is 19.4. The average molecular weight is 426 g/mol. The average Bonchev–Trinajstić information content (AvgIpc) is 3.29. The molecular weight excluding hydrogens is 382 g/mol. The van der Waals surface area contributed by atoms with Crippen LogP contribution in [0.5, 0.6) is 0 Å². The minimum atomic E-state index is -0.223. The molecule has 31 heavy (non-hydrogen) atoms. The van der Waals surface area contributed by atoms with Gasteiger partial charge in [-0.2, -0.15) is 0 Å². The van der Waals surface area contributed by atoms with Gasteiger partial charge in [0.05, 0.1) is 6.04 Å². The van der Waals surface area contributed by atoms with E-state index in [1.165, 1.54) is 89.0 Å². The van der Waals surface area contributed by atoms with Crippen LogP contribution < -0.4 is 5.73 Å². The quantitative estimate of drug-likeness (QED) is 0.229. The number of benzene rings is 1. The Morgan fingerprint density at radius 1 is 0.871 bits per heavy atom. The van der Waals surface area contributed by atoms with Gasteiger partial charge in [0.25, 0.3) is 5.91 Å². The maximum Gasteiger partial charge on any atom is 0.254 e. The van der Waals surface area contributed by atoms with Crippen molar-refractivity contribution in [2.24, 2.45) is 11.7 Å². The van der Waals surface area contributed by atoms with E-state index in [1.807, 2.05) is 12.1 Å². The number of nitrogens with two attached hydrogens (primary N) is 1. The highest BCUT2D eigenvalue weighted by Crippen LogP contribution is 2.28. The van der Waals surface area contributed by atoms with Crippen molar-refractivity contribution in [1.29, 1.82) is 5.41 Å². The molecule has 1 heterocycles. The first-order valence-electron chi connectivity index (χ1n) is 12.9. The van der Waals surface area contributed by atoms with Crippen LogP contribution in [-0.2, 0) is 6.42 Å². The second-order valence-electron chi connectivity index (χ2n) is 9.83. The Balaban J connectivity index is 1.25. The Bertz CT molecular complexity index is 678. The van der Waals surface area contributed by atoms with Gasteiger partial charge in [-0.25, -0.2) is 0 Å². The van der Waals surface area contributed by atoms with E-state index >= 15 is 0 Å². The number of hydrogen-bond donors (Lipinski definition) is 2. The molecule has 3 N–H and O–H groups in total. The lowest BCUT2D eigenvalue weighted by atomic mass is 9.85. The molecule has 4 nitrogen and oxygen atoms in total. The molecule has 3 rings (SSSR count). The summed E-state index contributed by atoms with van der Waals surface area (Å²) in [5.41, 5.74) is 7.69. The van der Waals surface area contributed by atoms with E-state index in [1.54, 1.807) is 4.90 Å². The van der Waals surface area contributed by atoms with Gasteiger partial charge in [-0.3, -0.25) is 10.2 Å². The molecular formula is C27H43N3O. The minimum Gasteiger partial charge on any atom is -0.386 e. The number of carbonyl (C=O) groups excluding carboxylic acids is 1. The highest BCUT2D eigenvalue weighted by Gasteiger charge is 2.31. The molecule has 0 radical (unpaired) electrons. The zero-order chi connectivity index (χ0) is 21.9. The van der Waals surface area contributed by atoms with Crippen molar-refractivity contribution in [2.45, 2.75) is 109 Å². The van der Waals surface area contributed by atoms with E-state index in [0.29, 0.717) is 12.1 Å². The lowest BCUT2D eigenvalue weighted by molar-refractivity contribution is 0.0769. The molecule has 2 aliphatic rings. The Morgan fingerprint density at radius 3 is 2.19 bits per heavy atom. The number of hydrogen-bond acceptors (Lipinski definition) is 2. The lowest BCUT2D eigenvalue weighted by Crippen LogP contribution is -2.43. The Labute approximate surface area is 189 Å². The number of rotatable bonds is 12. The van der Waals surface area contributed by atoms with Crippen LogP contribution in [0, 0.1) is 11.3 Å². The Morgan fingerprint density at radius 2 is 1.52 bits per heavy atom. The predicted octanol–water partition coefficient (Wildman–Crippen LogP) is 6.47. The summed E-state index contributed by atoms with van der Waals surface area (Å²) >= 11 is 0. The first kappa shape index (κ1) is 23.8. The predicted molar refractivity (Wildman–Crippen MR) is 130 cm³/mol. The molecule has 0 bridgehead atoms. The van der Waals surface area contributed by atoms with Crippen LogP contribution in [0.15, 0.2) is 24.3 Å². The monoisotopic (exact) mass is 425 g/mol. The summed E-state index contributed by atoms with van der Waals surface area (Å²) in [5.74, 6) is 1.15. The number of unbranched alkanes of at least 4 members (excludes halogenated alkanes) is 6. The van der Waals surface area contributed by atoms with E-state index in [0.717, 1.165) is 25.2 Å². The van der Waals surface area contributed by atoms with E-state index < -0.39 is 0 Å². The highest BCUT2D eigenvalue weighted by atomic mass is 16.2. The fourth-order valence-corrected chi connectivity index (χ4v) is 5.43. The number of amides is 1. The number of amidine groups is 1. The van der Waals surface area contributed by atoms with Gasteiger partial charge in [0.15, 0.2) is 0 Å². The number of likely N-dealkylation sites (tertiary alicyclic amines) is 1. The van der Waals surface area contributed by atoms with Gasteiger partial charge in [0, 0.05) is 12.1 Å². The first-order valence-corrected chi connectivity index (χ1v) is 12.9. The summed E-state index contributed by atoms with van der Waals surface area (Å²) in [5, 5.41) is 7.70. The first-order chi connectivity index (χ1) is 15.1. The molecule has 0 aromatic heterocycles. The molecule has 1 aliphatic carbocycles. The maximum absolute atomic E-state index is 12.7. The van der Waals surface area contributed by atoms with Crippen molar-refractivity contribution in [1.82, 2.24) is 4.90 Å². The summed E-state index contributed by atoms with van der Waals surface area (Å²) in [7, 11) is 0. The van der Waals surface area contributed by atoms with Crippen molar-refractivity contribution in [3.05, 3.63) is 35.4 Å². The lowest BCUT2D eigenvalue weighted by Gasteiger charge is -2.23. The number of carbonyl (C=O) groups is 1. The van der Waals surface area contributed by atoms with Gasteiger partial charge in [-0.05, 0) is 49.3 Å². The van der Waals surface area contributed by atoms with Crippen LogP contribution in [0.25, 0.3) is 0 Å². The molecule has 172 valence electrons. The number of nitrogens with one attached hydrogen (secondary N) is 1. The molecule has 1 unspecified atom stereocenters. The molecule has 1 aromatic rings. The van der Waals surface area contributed by atoms with Crippen LogP contribution >= 0.6 is 0 Å². The second-order valence-corrected chi connectivity index (χ2v) is 9.83. The van der Waals surface area contributed by atoms with E-state index in [2.05, 4.69) is 12.1 Å². The van der Waals surface area contributed by atoms with Crippen LogP contribution in [0.3, 0.4) is 0 Å². The third kappa shape index (κ3) is 7.66. The summed E-state index contributed by atoms with van der Waals surface area (Å²) in [6.07, 6.45) is 21.2. The third-order valence-electron chi connectivity index (χ3n) is 7.38. The Hall–Kier alpha value is -1.84. The normalized spacial score (nSPS) is 19.6. The fourth-order valence-electron chi connectivity index (χ4n) is 5.43. The van der Waals surface area contributed by atoms with Gasteiger partial charge in [-0.1, -0.05) is 89.2 Å². The molecule has 1 aliphatic heterocycles. The number of nitrogens with zero attached hydrogens (tertiary/aromatic N) is 1. The van der Waals surface area contributed by atoms with Crippen molar-refractivity contribution in [3.63, 3.8) is 0 Å².